The Morgan fingerprint density at radius 2 is 1.58 bits per heavy atom. The van der Waals surface area contributed by atoms with Crippen molar-refractivity contribution in [1.29, 1.82) is 0 Å². The number of nitrogens with zero attached hydrogens (tertiary/aromatic N) is 2. The minimum Gasteiger partial charge on any atom is -0.382 e. The molecule has 4 aromatic rings. The van der Waals surface area contributed by atoms with E-state index < -0.39 is 0 Å². The Bertz CT molecular complexity index is 1400. The second-order valence-electron chi connectivity index (χ2n) is 9.47. The van der Waals surface area contributed by atoms with Gasteiger partial charge in [-0.2, -0.15) is 0 Å². The predicted molar refractivity (Wildman–Crippen MR) is 162 cm³/mol. The van der Waals surface area contributed by atoms with Gasteiger partial charge >= 0.3 is 0 Å². The lowest BCUT2D eigenvalue weighted by atomic mass is 10.0. The van der Waals surface area contributed by atoms with Crippen molar-refractivity contribution in [3.05, 3.63) is 123 Å². The zero-order valence-corrected chi connectivity index (χ0v) is 23.6. The number of halogens is 1. The van der Waals surface area contributed by atoms with E-state index in [1.54, 1.807) is 0 Å². The molecule has 196 valence electrons. The molecule has 0 atom stereocenters. The van der Waals surface area contributed by atoms with Crippen molar-refractivity contribution in [2.75, 3.05) is 6.54 Å². The summed E-state index contributed by atoms with van der Waals surface area (Å²) in [7, 11) is 0. The lowest BCUT2D eigenvalue weighted by Crippen LogP contribution is -2.22. The summed E-state index contributed by atoms with van der Waals surface area (Å²) in [5, 5.41) is 4.66. The van der Waals surface area contributed by atoms with Crippen LogP contribution in [0, 0.1) is 20.8 Å². The molecule has 0 radical (unpaired) electrons. The van der Waals surface area contributed by atoms with Gasteiger partial charge in [0.1, 0.15) is 0 Å². The number of hydrogen-bond donors (Lipinski definition) is 3. The molecule has 38 heavy (non-hydrogen) atoms. The fraction of sp³-hybridized carbons (Fsp3) is 0.194. The summed E-state index contributed by atoms with van der Waals surface area (Å²) >= 11 is 8.08. The molecule has 0 saturated heterocycles. The minimum absolute atomic E-state index is 0.347. The molecule has 0 saturated carbocycles. The van der Waals surface area contributed by atoms with Crippen molar-refractivity contribution >= 4 is 29.4 Å². The quantitative estimate of drug-likeness (QED) is 0.0676. The molecular weight excluding hydrogens is 510 g/mol. The van der Waals surface area contributed by atoms with E-state index in [1.807, 2.05) is 42.3 Å². The van der Waals surface area contributed by atoms with Crippen LogP contribution in [-0.4, -0.2) is 16.7 Å². The Hall–Kier alpha value is -3.29. The first kappa shape index (κ1) is 27.7. The first-order chi connectivity index (χ1) is 18.3. The maximum atomic E-state index is 6.24. The van der Waals surface area contributed by atoms with Crippen molar-refractivity contribution in [1.82, 2.24) is 9.84 Å². The average molecular weight is 544 g/mol. The minimum atomic E-state index is 0.347. The summed E-state index contributed by atoms with van der Waals surface area (Å²) in [6.07, 6.45) is 0.920. The molecule has 4 aromatic carbocycles. The van der Waals surface area contributed by atoms with E-state index in [0.717, 1.165) is 41.2 Å². The van der Waals surface area contributed by atoms with Gasteiger partial charge in [-0.05, 0) is 90.7 Å². The van der Waals surface area contributed by atoms with Gasteiger partial charge in [-0.15, -0.1) is 5.10 Å². The second kappa shape index (κ2) is 13.0. The highest BCUT2D eigenvalue weighted by Gasteiger charge is 2.14. The number of amidine groups is 1. The average Bonchev–Trinajstić information content (AvgIpc) is 2.90. The molecule has 0 aliphatic rings. The Morgan fingerprint density at radius 1 is 0.868 bits per heavy atom. The van der Waals surface area contributed by atoms with Crippen LogP contribution in [0.25, 0.3) is 11.1 Å². The van der Waals surface area contributed by atoms with Crippen molar-refractivity contribution < 1.29 is 0 Å². The van der Waals surface area contributed by atoms with Crippen LogP contribution >= 0.6 is 23.5 Å². The molecule has 0 heterocycles. The van der Waals surface area contributed by atoms with Crippen LogP contribution in [0.2, 0.25) is 5.02 Å². The summed E-state index contributed by atoms with van der Waals surface area (Å²) in [6, 6.07) is 29.3. The number of nitrogens with one attached hydrogen (secondary N) is 1. The Morgan fingerprint density at radius 3 is 2.26 bits per heavy atom. The third-order valence-corrected chi connectivity index (χ3v) is 7.98. The van der Waals surface area contributed by atoms with Crippen LogP contribution in [0.5, 0.6) is 0 Å². The number of benzene rings is 4. The van der Waals surface area contributed by atoms with Gasteiger partial charge in [-0.1, -0.05) is 83.9 Å². The van der Waals surface area contributed by atoms with E-state index in [9.17, 15) is 0 Å². The molecule has 4 rings (SSSR count). The molecule has 5 nitrogen and oxygen atoms in total. The largest absolute Gasteiger partial charge is 0.382 e. The lowest BCUT2D eigenvalue weighted by molar-refractivity contribution is 0.470. The summed E-state index contributed by atoms with van der Waals surface area (Å²) < 4.78 is 2.44. The van der Waals surface area contributed by atoms with E-state index >= 15 is 0 Å². The van der Waals surface area contributed by atoms with Crippen LogP contribution < -0.4 is 17.1 Å². The van der Waals surface area contributed by atoms with E-state index in [-0.39, 0.29) is 0 Å². The molecular formula is C31H34ClN5S. The number of hydrazone groups is 1. The van der Waals surface area contributed by atoms with Crippen molar-refractivity contribution in [2.24, 2.45) is 16.7 Å². The van der Waals surface area contributed by atoms with Crippen molar-refractivity contribution in [3.8, 4) is 11.1 Å². The topological polar surface area (TPSA) is 79.7 Å². The van der Waals surface area contributed by atoms with Crippen LogP contribution in [-0.2, 0) is 13.0 Å². The third-order valence-electron chi connectivity index (χ3n) is 6.35. The molecule has 0 aromatic heterocycles. The first-order valence-electron chi connectivity index (χ1n) is 12.6. The zero-order valence-electron chi connectivity index (χ0n) is 22.0. The Balaban J connectivity index is 1.54. The van der Waals surface area contributed by atoms with Crippen LogP contribution in [0.15, 0.2) is 94.9 Å². The number of nitrogens with two attached hydrogens (primary N) is 2. The smallest absolute Gasteiger partial charge is 0.152 e. The van der Waals surface area contributed by atoms with Gasteiger partial charge in [-0.3, -0.25) is 0 Å². The monoisotopic (exact) mass is 543 g/mol. The van der Waals surface area contributed by atoms with E-state index in [0.29, 0.717) is 5.84 Å². The van der Waals surface area contributed by atoms with Crippen molar-refractivity contribution in [3.63, 3.8) is 0 Å². The summed E-state index contributed by atoms with van der Waals surface area (Å²) in [5.74, 6) is 5.62. The predicted octanol–water partition coefficient (Wildman–Crippen LogP) is 6.77. The molecule has 7 heteroatoms. The molecule has 5 N–H and O–H groups in total. The number of hydrazine groups is 1. The zero-order chi connectivity index (χ0) is 27.1. The molecule has 0 aliphatic carbocycles. The maximum Gasteiger partial charge on any atom is 0.152 e. The van der Waals surface area contributed by atoms with Gasteiger partial charge < -0.3 is 5.73 Å². The van der Waals surface area contributed by atoms with Crippen LogP contribution in [0.3, 0.4) is 0 Å². The highest BCUT2D eigenvalue weighted by Crippen LogP contribution is 2.32. The molecule has 0 bridgehead atoms. The SMILES string of the molecule is Cc1cc(C)c(SN(CCc2cccc(Cl)c2)Cc2ccc(-c3cccc(/C(N)=N/NN)c3)cc2)c(C)c1. The highest BCUT2D eigenvalue weighted by atomic mass is 35.5. The Kier molecular flexibility index (Phi) is 9.48. The first-order valence-corrected chi connectivity index (χ1v) is 13.7. The van der Waals surface area contributed by atoms with Gasteiger partial charge in [0.25, 0.3) is 0 Å². The maximum absolute atomic E-state index is 6.24. The number of aryl methyl sites for hydroxylation is 3. The normalized spacial score (nSPS) is 11.7. The molecule has 0 spiro atoms. The standard InChI is InChI=1S/C31H34ClN5S/c1-21-16-22(2)30(23(3)17-21)38-37(15-14-24-6-4-9-29(32)18-24)20-25-10-12-26(13-11-25)27-7-5-8-28(19-27)31(33)35-36-34/h4-13,16-19,36H,14-15,20,34H2,1-3H3,(H2,33,35). The van der Waals surface area contributed by atoms with E-state index in [2.05, 4.69) is 90.3 Å². The van der Waals surface area contributed by atoms with Gasteiger partial charge in [0.2, 0.25) is 0 Å². The van der Waals surface area contributed by atoms with Gasteiger partial charge in [0.05, 0.1) is 0 Å². The third kappa shape index (κ3) is 7.39. The van der Waals surface area contributed by atoms with Crippen LogP contribution in [0.1, 0.15) is 33.4 Å². The Labute approximate surface area is 235 Å². The van der Waals surface area contributed by atoms with Gasteiger partial charge in [-0.25, -0.2) is 15.7 Å². The molecule has 0 amide bonds. The lowest BCUT2D eigenvalue weighted by Gasteiger charge is -2.24. The number of rotatable bonds is 10. The summed E-state index contributed by atoms with van der Waals surface area (Å²) in [4.78, 5) is 1.32. The van der Waals surface area contributed by atoms with E-state index in [1.165, 1.54) is 32.7 Å². The highest BCUT2D eigenvalue weighted by molar-refractivity contribution is 7.97. The molecule has 0 aliphatic heterocycles. The van der Waals surface area contributed by atoms with Gasteiger partial charge in [0, 0.05) is 28.6 Å². The fourth-order valence-corrected chi connectivity index (χ4v) is 5.81. The fourth-order valence-electron chi connectivity index (χ4n) is 4.54. The molecule has 0 unspecified atom stereocenters. The molecule has 0 fully saturated rings. The summed E-state index contributed by atoms with van der Waals surface area (Å²) in [5.41, 5.74) is 17.7. The van der Waals surface area contributed by atoms with Crippen LogP contribution in [0.4, 0.5) is 0 Å². The number of hydrogen-bond acceptors (Lipinski definition) is 5. The van der Waals surface area contributed by atoms with Crippen molar-refractivity contribution in [2.45, 2.75) is 38.6 Å². The van der Waals surface area contributed by atoms with E-state index in [4.69, 9.17) is 23.2 Å². The second-order valence-corrected chi connectivity index (χ2v) is 11.0. The van der Waals surface area contributed by atoms with Gasteiger partial charge in [0.15, 0.2) is 5.84 Å². The summed E-state index contributed by atoms with van der Waals surface area (Å²) in [6.45, 7) is 8.26.